The van der Waals surface area contributed by atoms with Crippen LogP contribution >= 0.6 is 0 Å². The molecular formula is C11H21F. The Morgan fingerprint density at radius 3 is 1.50 bits per heavy atom. The fourth-order valence-electron chi connectivity index (χ4n) is 2.57. The molecule has 0 aromatic heterocycles. The van der Waals surface area contributed by atoms with E-state index in [-0.39, 0.29) is 0 Å². The van der Waals surface area contributed by atoms with Gasteiger partial charge in [-0.3, -0.25) is 0 Å². The van der Waals surface area contributed by atoms with Crippen LogP contribution in [0.4, 0.5) is 4.39 Å². The molecule has 0 heterocycles. The zero-order valence-electron chi connectivity index (χ0n) is 8.68. The van der Waals surface area contributed by atoms with E-state index in [9.17, 15) is 4.39 Å². The molecule has 0 bridgehead atoms. The van der Waals surface area contributed by atoms with E-state index < -0.39 is 6.17 Å². The van der Waals surface area contributed by atoms with Crippen LogP contribution in [0.25, 0.3) is 0 Å². The molecule has 12 heavy (non-hydrogen) atoms. The summed E-state index contributed by atoms with van der Waals surface area (Å²) in [7, 11) is 0. The minimum atomic E-state index is -0.523. The highest BCUT2D eigenvalue weighted by Gasteiger charge is 2.37. The molecule has 0 aliphatic heterocycles. The van der Waals surface area contributed by atoms with Crippen molar-refractivity contribution in [1.82, 2.24) is 0 Å². The van der Waals surface area contributed by atoms with Gasteiger partial charge in [0.1, 0.15) is 6.17 Å². The lowest BCUT2D eigenvalue weighted by atomic mass is 9.80. The summed E-state index contributed by atoms with van der Waals surface area (Å²) in [6.07, 6.45) is 1.09. The Kier molecular flexibility index (Phi) is 3.14. The van der Waals surface area contributed by atoms with Crippen LogP contribution in [0.15, 0.2) is 0 Å². The summed E-state index contributed by atoms with van der Waals surface area (Å²) in [6.45, 7) is 8.88. The lowest BCUT2D eigenvalue weighted by Gasteiger charge is -2.25. The molecule has 0 N–H and O–H groups in total. The number of rotatable bonds is 2. The van der Waals surface area contributed by atoms with Crippen molar-refractivity contribution in [2.45, 2.75) is 46.7 Å². The van der Waals surface area contributed by atoms with Gasteiger partial charge in [-0.1, -0.05) is 27.7 Å². The van der Waals surface area contributed by atoms with Crippen molar-refractivity contribution < 1.29 is 4.39 Å². The molecular weight excluding hydrogens is 151 g/mol. The van der Waals surface area contributed by atoms with E-state index in [0.717, 1.165) is 12.8 Å². The van der Waals surface area contributed by atoms with Gasteiger partial charge in [-0.2, -0.15) is 0 Å². The largest absolute Gasteiger partial charge is 0.247 e. The normalized spacial score (nSPS) is 36.8. The summed E-state index contributed by atoms with van der Waals surface area (Å²) in [6, 6.07) is 0. The van der Waals surface area contributed by atoms with Crippen LogP contribution in [-0.2, 0) is 0 Å². The van der Waals surface area contributed by atoms with E-state index in [1.807, 2.05) is 0 Å². The number of alkyl halides is 1. The van der Waals surface area contributed by atoms with Gasteiger partial charge in [0.15, 0.2) is 0 Å². The average Bonchev–Trinajstić information content (AvgIpc) is 2.31. The molecule has 0 spiro atoms. The van der Waals surface area contributed by atoms with Crippen LogP contribution < -0.4 is 0 Å². The zero-order valence-corrected chi connectivity index (χ0v) is 8.68. The summed E-state index contributed by atoms with van der Waals surface area (Å²) >= 11 is 0. The minimum Gasteiger partial charge on any atom is -0.247 e. The first-order valence-corrected chi connectivity index (χ1v) is 5.16. The Morgan fingerprint density at radius 2 is 1.25 bits per heavy atom. The van der Waals surface area contributed by atoms with Gasteiger partial charge < -0.3 is 0 Å². The van der Waals surface area contributed by atoms with Gasteiger partial charge in [-0.05, 0) is 36.5 Å². The predicted molar refractivity (Wildman–Crippen MR) is 50.8 cm³/mol. The van der Waals surface area contributed by atoms with Crippen molar-refractivity contribution >= 4 is 0 Å². The second kappa shape index (κ2) is 3.76. The molecule has 1 aliphatic rings. The zero-order chi connectivity index (χ0) is 9.30. The second-order valence-corrected chi connectivity index (χ2v) is 4.88. The molecule has 2 unspecified atom stereocenters. The summed E-state index contributed by atoms with van der Waals surface area (Å²) < 4.78 is 13.1. The van der Waals surface area contributed by atoms with Crippen molar-refractivity contribution in [2.75, 3.05) is 0 Å². The quantitative estimate of drug-likeness (QED) is 0.596. The fraction of sp³-hybridized carbons (Fsp3) is 1.00. The molecule has 0 aromatic carbocycles. The SMILES string of the molecule is CC(C)C1CC(F)CC1C(C)C. The van der Waals surface area contributed by atoms with Gasteiger partial charge in [0.2, 0.25) is 0 Å². The van der Waals surface area contributed by atoms with Gasteiger partial charge in [0, 0.05) is 0 Å². The third-order valence-corrected chi connectivity index (χ3v) is 3.32. The summed E-state index contributed by atoms with van der Waals surface area (Å²) in [4.78, 5) is 0. The molecule has 0 nitrogen and oxygen atoms in total. The van der Waals surface area contributed by atoms with E-state index in [2.05, 4.69) is 27.7 Å². The summed E-state index contributed by atoms with van der Waals surface area (Å²) in [5.41, 5.74) is 0. The first kappa shape index (κ1) is 10.0. The third kappa shape index (κ3) is 1.99. The van der Waals surface area contributed by atoms with E-state index >= 15 is 0 Å². The molecule has 72 valence electrons. The first-order valence-electron chi connectivity index (χ1n) is 5.16. The molecule has 0 amide bonds. The summed E-state index contributed by atoms with van der Waals surface area (Å²) in [5.74, 6) is 2.55. The van der Waals surface area contributed by atoms with Gasteiger partial charge >= 0.3 is 0 Å². The third-order valence-electron chi connectivity index (χ3n) is 3.32. The smallest absolute Gasteiger partial charge is 0.101 e. The van der Waals surface area contributed by atoms with Crippen LogP contribution in [0.1, 0.15) is 40.5 Å². The highest BCUT2D eigenvalue weighted by atomic mass is 19.1. The molecule has 1 aliphatic carbocycles. The van der Waals surface area contributed by atoms with E-state index in [1.54, 1.807) is 0 Å². The van der Waals surface area contributed by atoms with Gasteiger partial charge in [-0.25, -0.2) is 4.39 Å². The second-order valence-electron chi connectivity index (χ2n) is 4.88. The molecule has 1 saturated carbocycles. The van der Waals surface area contributed by atoms with Crippen molar-refractivity contribution in [3.8, 4) is 0 Å². The molecule has 1 rings (SSSR count). The Balaban J connectivity index is 2.59. The lowest BCUT2D eigenvalue weighted by molar-refractivity contribution is 0.235. The Hall–Kier alpha value is -0.0700. The number of halogens is 1. The van der Waals surface area contributed by atoms with Gasteiger partial charge in [0.05, 0.1) is 0 Å². The standard InChI is InChI=1S/C11H21F/c1-7(2)10-5-9(12)6-11(10)8(3)4/h7-11H,5-6H2,1-4H3. The van der Waals surface area contributed by atoms with Crippen molar-refractivity contribution in [2.24, 2.45) is 23.7 Å². The highest BCUT2D eigenvalue weighted by Crippen LogP contribution is 2.42. The van der Waals surface area contributed by atoms with Gasteiger partial charge in [-0.15, -0.1) is 0 Å². The Labute approximate surface area is 75.5 Å². The molecule has 1 fully saturated rings. The monoisotopic (exact) mass is 172 g/mol. The lowest BCUT2D eigenvalue weighted by Crippen LogP contribution is -2.18. The van der Waals surface area contributed by atoms with Crippen molar-refractivity contribution in [3.05, 3.63) is 0 Å². The topological polar surface area (TPSA) is 0 Å². The highest BCUT2D eigenvalue weighted by molar-refractivity contribution is 4.86. The van der Waals surface area contributed by atoms with E-state index in [4.69, 9.17) is 0 Å². The first-order chi connectivity index (χ1) is 5.52. The van der Waals surface area contributed by atoms with Gasteiger partial charge in [0.25, 0.3) is 0 Å². The summed E-state index contributed by atoms with van der Waals surface area (Å²) in [5, 5.41) is 0. The fourth-order valence-corrected chi connectivity index (χ4v) is 2.57. The van der Waals surface area contributed by atoms with Crippen LogP contribution in [-0.4, -0.2) is 6.17 Å². The molecule has 1 heteroatoms. The molecule has 0 radical (unpaired) electrons. The van der Waals surface area contributed by atoms with Crippen LogP contribution in [0.2, 0.25) is 0 Å². The minimum absolute atomic E-state index is 0.523. The van der Waals surface area contributed by atoms with E-state index in [1.165, 1.54) is 0 Å². The predicted octanol–water partition coefficient (Wildman–Crippen LogP) is 3.66. The number of hydrogen-bond donors (Lipinski definition) is 0. The van der Waals surface area contributed by atoms with Crippen LogP contribution in [0.3, 0.4) is 0 Å². The maximum Gasteiger partial charge on any atom is 0.101 e. The molecule has 0 aromatic rings. The molecule has 2 atom stereocenters. The van der Waals surface area contributed by atoms with E-state index in [0.29, 0.717) is 23.7 Å². The number of hydrogen-bond acceptors (Lipinski definition) is 0. The Morgan fingerprint density at radius 1 is 0.917 bits per heavy atom. The molecule has 0 saturated heterocycles. The van der Waals surface area contributed by atoms with Crippen LogP contribution in [0, 0.1) is 23.7 Å². The van der Waals surface area contributed by atoms with Crippen LogP contribution in [0.5, 0.6) is 0 Å². The maximum absolute atomic E-state index is 13.1. The van der Waals surface area contributed by atoms with Crippen molar-refractivity contribution in [1.29, 1.82) is 0 Å². The average molecular weight is 172 g/mol. The Bertz CT molecular complexity index is 124. The van der Waals surface area contributed by atoms with Crippen molar-refractivity contribution in [3.63, 3.8) is 0 Å². The maximum atomic E-state index is 13.1.